The minimum Gasteiger partial charge on any atom is -0.390 e. The van der Waals surface area contributed by atoms with E-state index in [1.165, 1.54) is 0 Å². The molecule has 4 nitrogen and oxygen atoms in total. The first-order chi connectivity index (χ1) is 8.49. The fourth-order valence-corrected chi connectivity index (χ4v) is 1.94. The van der Waals surface area contributed by atoms with Crippen LogP contribution in [0.5, 0.6) is 0 Å². The van der Waals surface area contributed by atoms with E-state index in [2.05, 4.69) is 13.8 Å². The van der Waals surface area contributed by atoms with Gasteiger partial charge in [0.15, 0.2) is 0 Å². The molecule has 2 atom stereocenters. The van der Waals surface area contributed by atoms with Crippen molar-refractivity contribution in [1.29, 1.82) is 0 Å². The Hall–Kier alpha value is -0.940. The molecular weight excluding hydrogens is 226 g/mol. The molecule has 0 unspecified atom stereocenters. The van der Waals surface area contributed by atoms with Gasteiger partial charge in [-0.15, -0.1) is 0 Å². The van der Waals surface area contributed by atoms with Crippen molar-refractivity contribution in [1.82, 2.24) is 5.01 Å². The lowest BCUT2D eigenvalue weighted by Gasteiger charge is -2.25. The number of aliphatic hydroxyl groups is 1. The highest BCUT2D eigenvalue weighted by Gasteiger charge is 2.17. The Bertz CT molecular complexity index is 329. The van der Waals surface area contributed by atoms with Gasteiger partial charge < -0.3 is 10.8 Å². The fourth-order valence-electron chi connectivity index (χ4n) is 1.94. The van der Waals surface area contributed by atoms with Crippen LogP contribution in [0.2, 0.25) is 0 Å². The topological polar surface area (TPSA) is 75.5 Å². The largest absolute Gasteiger partial charge is 0.390 e. The van der Waals surface area contributed by atoms with Gasteiger partial charge in [0.05, 0.1) is 6.10 Å². The molecule has 0 spiro atoms. The van der Waals surface area contributed by atoms with E-state index in [9.17, 15) is 5.11 Å². The second-order valence-corrected chi connectivity index (χ2v) is 5.27. The number of rotatable bonds is 7. The summed E-state index contributed by atoms with van der Waals surface area (Å²) in [5, 5.41) is 11.7. The molecule has 0 radical (unpaired) electrons. The standard InChI is InChI=1S/C14H25N3O/c1-11(2)9-17(16)10-14(18)13(15)8-12-6-4-3-5-7-12/h3-7,11,13-14,18H,8-10,15-16H2,1-2H3/t13-,14-/m0/s1. The maximum atomic E-state index is 10.0. The van der Waals surface area contributed by atoms with Crippen LogP contribution >= 0.6 is 0 Å². The molecule has 0 bridgehead atoms. The molecule has 1 aromatic rings. The van der Waals surface area contributed by atoms with Crippen molar-refractivity contribution in [2.75, 3.05) is 13.1 Å². The number of hydrazine groups is 1. The molecular formula is C14H25N3O. The van der Waals surface area contributed by atoms with Gasteiger partial charge in [0.25, 0.3) is 0 Å². The molecule has 1 aromatic carbocycles. The van der Waals surface area contributed by atoms with Gasteiger partial charge in [-0.25, -0.2) is 5.01 Å². The first-order valence-electron chi connectivity index (χ1n) is 6.46. The van der Waals surface area contributed by atoms with Gasteiger partial charge in [-0.05, 0) is 17.9 Å². The van der Waals surface area contributed by atoms with Crippen LogP contribution in [0.25, 0.3) is 0 Å². The first-order valence-corrected chi connectivity index (χ1v) is 6.46. The van der Waals surface area contributed by atoms with Crippen LogP contribution in [0.1, 0.15) is 19.4 Å². The lowest BCUT2D eigenvalue weighted by Crippen LogP contribution is -2.48. The first kappa shape index (κ1) is 15.1. The zero-order valence-electron chi connectivity index (χ0n) is 11.3. The van der Waals surface area contributed by atoms with E-state index >= 15 is 0 Å². The summed E-state index contributed by atoms with van der Waals surface area (Å²) >= 11 is 0. The summed E-state index contributed by atoms with van der Waals surface area (Å²) in [6.07, 6.45) is 0.0614. The van der Waals surface area contributed by atoms with Gasteiger partial charge in [-0.1, -0.05) is 44.2 Å². The normalized spacial score (nSPS) is 15.1. The van der Waals surface area contributed by atoms with E-state index in [-0.39, 0.29) is 6.04 Å². The quantitative estimate of drug-likeness (QED) is 0.494. The van der Waals surface area contributed by atoms with Gasteiger partial charge in [0.1, 0.15) is 0 Å². The average molecular weight is 251 g/mol. The van der Waals surface area contributed by atoms with Crippen molar-refractivity contribution >= 4 is 0 Å². The SMILES string of the molecule is CC(C)CN(N)C[C@H](O)[C@@H](N)Cc1ccccc1. The summed E-state index contributed by atoms with van der Waals surface area (Å²) < 4.78 is 0. The number of nitrogens with two attached hydrogens (primary N) is 2. The van der Waals surface area contributed by atoms with Crippen LogP contribution in [-0.2, 0) is 6.42 Å². The lowest BCUT2D eigenvalue weighted by atomic mass is 10.0. The molecule has 18 heavy (non-hydrogen) atoms. The third-order valence-corrected chi connectivity index (χ3v) is 2.83. The molecule has 0 aromatic heterocycles. The molecule has 4 heteroatoms. The zero-order valence-corrected chi connectivity index (χ0v) is 11.3. The summed E-state index contributed by atoms with van der Waals surface area (Å²) in [5.74, 6) is 6.30. The van der Waals surface area contributed by atoms with Crippen molar-refractivity contribution in [2.45, 2.75) is 32.4 Å². The van der Waals surface area contributed by atoms with E-state index in [1.807, 2.05) is 30.3 Å². The van der Waals surface area contributed by atoms with Crippen molar-refractivity contribution < 1.29 is 5.11 Å². The maximum absolute atomic E-state index is 10.0. The third kappa shape index (κ3) is 5.60. The molecule has 0 aliphatic heterocycles. The smallest absolute Gasteiger partial charge is 0.0834 e. The minimum absolute atomic E-state index is 0.286. The highest BCUT2D eigenvalue weighted by atomic mass is 16.3. The maximum Gasteiger partial charge on any atom is 0.0834 e. The molecule has 1 rings (SSSR count). The van der Waals surface area contributed by atoms with Crippen LogP contribution in [0, 0.1) is 5.92 Å². The Morgan fingerprint density at radius 1 is 1.17 bits per heavy atom. The summed E-state index contributed by atoms with van der Waals surface area (Å²) in [5.41, 5.74) is 7.13. The Balaban J connectivity index is 2.39. The van der Waals surface area contributed by atoms with Gasteiger partial charge in [-0.3, -0.25) is 5.84 Å². The Morgan fingerprint density at radius 3 is 2.33 bits per heavy atom. The molecule has 0 saturated heterocycles. The molecule has 0 aliphatic rings. The van der Waals surface area contributed by atoms with Crippen molar-refractivity contribution in [3.8, 4) is 0 Å². The Kier molecular flexibility index (Phi) is 6.29. The van der Waals surface area contributed by atoms with Crippen LogP contribution in [0.3, 0.4) is 0 Å². The molecule has 0 amide bonds. The van der Waals surface area contributed by atoms with Crippen molar-refractivity contribution in [3.63, 3.8) is 0 Å². The van der Waals surface area contributed by atoms with Crippen molar-refractivity contribution in [3.05, 3.63) is 35.9 Å². The molecule has 0 fully saturated rings. The zero-order chi connectivity index (χ0) is 13.5. The Morgan fingerprint density at radius 2 is 1.78 bits per heavy atom. The molecule has 102 valence electrons. The average Bonchev–Trinajstić information content (AvgIpc) is 2.28. The summed E-state index contributed by atoms with van der Waals surface area (Å²) in [4.78, 5) is 0. The number of aliphatic hydroxyl groups excluding tert-OH is 1. The highest BCUT2D eigenvalue weighted by molar-refractivity contribution is 5.16. The number of nitrogens with zero attached hydrogens (tertiary/aromatic N) is 1. The summed E-state index contributed by atoms with van der Waals surface area (Å²) in [6.45, 7) is 5.35. The number of hydrogen-bond donors (Lipinski definition) is 3. The van der Waals surface area contributed by atoms with Crippen molar-refractivity contribution in [2.24, 2.45) is 17.5 Å². The van der Waals surface area contributed by atoms with E-state index in [0.29, 0.717) is 18.9 Å². The predicted molar refractivity (Wildman–Crippen MR) is 74.7 cm³/mol. The van der Waals surface area contributed by atoms with Gasteiger partial charge in [0, 0.05) is 19.1 Å². The second kappa shape index (κ2) is 7.48. The van der Waals surface area contributed by atoms with Crippen LogP contribution in [-0.4, -0.2) is 35.4 Å². The Labute approximate surface area is 110 Å². The summed E-state index contributed by atoms with van der Waals surface area (Å²) in [6, 6.07) is 9.66. The lowest BCUT2D eigenvalue weighted by molar-refractivity contribution is 0.0856. The minimum atomic E-state index is -0.603. The number of benzene rings is 1. The van der Waals surface area contributed by atoms with Crippen LogP contribution in [0.4, 0.5) is 0 Å². The predicted octanol–water partition coefficient (Wildman–Crippen LogP) is 0.749. The summed E-state index contributed by atoms with van der Waals surface area (Å²) in [7, 11) is 0. The monoisotopic (exact) mass is 251 g/mol. The van der Waals surface area contributed by atoms with Gasteiger partial charge in [0.2, 0.25) is 0 Å². The molecule has 0 heterocycles. The third-order valence-electron chi connectivity index (χ3n) is 2.83. The molecule has 5 N–H and O–H groups in total. The van der Waals surface area contributed by atoms with E-state index in [1.54, 1.807) is 5.01 Å². The number of hydrogen-bond acceptors (Lipinski definition) is 4. The van der Waals surface area contributed by atoms with E-state index in [0.717, 1.165) is 12.1 Å². The second-order valence-electron chi connectivity index (χ2n) is 5.27. The molecule has 0 saturated carbocycles. The van der Waals surface area contributed by atoms with E-state index in [4.69, 9.17) is 11.6 Å². The van der Waals surface area contributed by atoms with E-state index < -0.39 is 6.10 Å². The van der Waals surface area contributed by atoms with Gasteiger partial charge in [-0.2, -0.15) is 0 Å². The molecule has 0 aliphatic carbocycles. The van der Waals surface area contributed by atoms with Crippen LogP contribution < -0.4 is 11.6 Å². The van der Waals surface area contributed by atoms with Crippen LogP contribution in [0.15, 0.2) is 30.3 Å². The highest BCUT2D eigenvalue weighted by Crippen LogP contribution is 2.05. The fraction of sp³-hybridized carbons (Fsp3) is 0.571. The van der Waals surface area contributed by atoms with Gasteiger partial charge >= 0.3 is 0 Å².